The first-order valence-electron chi connectivity index (χ1n) is 8.99. The summed E-state index contributed by atoms with van der Waals surface area (Å²) in [5.41, 5.74) is 6.03. The molecule has 0 bridgehead atoms. The van der Waals surface area contributed by atoms with Crippen LogP contribution in [0.1, 0.15) is 64.0 Å². The number of nitrogens with one attached hydrogen (secondary N) is 2. The number of H-pyrrole nitrogens is 1. The van der Waals surface area contributed by atoms with Crippen LogP contribution in [-0.2, 0) is 9.53 Å². The number of anilines is 1. The number of benzene rings is 1. The van der Waals surface area contributed by atoms with E-state index in [1.165, 1.54) is 6.92 Å². The van der Waals surface area contributed by atoms with Crippen LogP contribution >= 0.6 is 0 Å². The first-order valence-corrected chi connectivity index (χ1v) is 8.99. The van der Waals surface area contributed by atoms with E-state index in [1.54, 1.807) is 20.8 Å². The average molecular weight is 372 g/mol. The minimum atomic E-state index is -0.962. The van der Waals surface area contributed by atoms with Crippen LogP contribution in [0.25, 0.3) is 0 Å². The molecular formula is C21H28N2O4. The molecule has 6 heteroatoms. The number of amides is 1. The summed E-state index contributed by atoms with van der Waals surface area (Å²) < 4.78 is 5.34. The molecule has 0 aliphatic rings. The minimum Gasteiger partial charge on any atom is -0.448 e. The number of rotatable bonds is 5. The maximum atomic E-state index is 12.5. The van der Waals surface area contributed by atoms with Crippen LogP contribution in [0.2, 0.25) is 0 Å². The van der Waals surface area contributed by atoms with E-state index in [0.717, 1.165) is 22.4 Å². The van der Waals surface area contributed by atoms with Crippen molar-refractivity contribution in [2.75, 3.05) is 5.32 Å². The van der Waals surface area contributed by atoms with Gasteiger partial charge in [0.1, 0.15) is 5.69 Å². The largest absolute Gasteiger partial charge is 0.448 e. The Kier molecular flexibility index (Phi) is 6.11. The highest BCUT2D eigenvalue weighted by Gasteiger charge is 2.25. The molecule has 0 spiro atoms. The molecule has 1 aromatic carbocycles. The van der Waals surface area contributed by atoms with Gasteiger partial charge in [-0.15, -0.1) is 0 Å². The van der Waals surface area contributed by atoms with Crippen molar-refractivity contribution < 1.29 is 19.4 Å². The predicted octanol–water partition coefficient (Wildman–Crippen LogP) is 3.79. The summed E-state index contributed by atoms with van der Waals surface area (Å²) >= 11 is 0. The maximum Gasteiger partial charge on any atom is 0.355 e. The lowest BCUT2D eigenvalue weighted by molar-refractivity contribution is -0.123. The number of ether oxygens (including phenoxy) is 1. The smallest absolute Gasteiger partial charge is 0.355 e. The molecule has 0 unspecified atom stereocenters. The van der Waals surface area contributed by atoms with Crippen LogP contribution in [0.5, 0.6) is 0 Å². The summed E-state index contributed by atoms with van der Waals surface area (Å²) in [4.78, 5) is 27.9. The highest BCUT2D eigenvalue weighted by Crippen LogP contribution is 2.25. The number of aliphatic hydroxyl groups excluding tert-OH is 1. The summed E-state index contributed by atoms with van der Waals surface area (Å²) in [5.74, 6) is -1.02. The van der Waals surface area contributed by atoms with Crippen LogP contribution < -0.4 is 5.32 Å². The minimum absolute atomic E-state index is 0.255. The number of carbonyl (C=O) groups is 2. The molecule has 146 valence electrons. The molecule has 0 fully saturated rings. The van der Waals surface area contributed by atoms with Gasteiger partial charge in [0.15, 0.2) is 6.10 Å². The highest BCUT2D eigenvalue weighted by atomic mass is 16.5. The van der Waals surface area contributed by atoms with E-state index >= 15 is 0 Å². The Balaban J connectivity index is 2.13. The third-order valence-electron chi connectivity index (χ3n) is 4.70. The van der Waals surface area contributed by atoms with Crippen molar-refractivity contribution in [3.63, 3.8) is 0 Å². The molecule has 6 nitrogen and oxygen atoms in total. The van der Waals surface area contributed by atoms with Gasteiger partial charge >= 0.3 is 5.97 Å². The molecule has 1 heterocycles. The normalized spacial score (nSPS) is 13.2. The zero-order valence-corrected chi connectivity index (χ0v) is 17.0. The first kappa shape index (κ1) is 20.7. The van der Waals surface area contributed by atoms with Crippen LogP contribution in [0.4, 0.5) is 5.69 Å². The third kappa shape index (κ3) is 4.39. The van der Waals surface area contributed by atoms with Crippen molar-refractivity contribution in [2.24, 2.45) is 0 Å². The number of hydrogen-bond acceptors (Lipinski definition) is 4. The van der Waals surface area contributed by atoms with Crippen LogP contribution in [-0.4, -0.2) is 28.1 Å². The Morgan fingerprint density at radius 1 is 1.07 bits per heavy atom. The lowest BCUT2D eigenvalue weighted by atomic mass is 10.0. The molecule has 1 amide bonds. The second kappa shape index (κ2) is 7.96. The topological polar surface area (TPSA) is 91.4 Å². The van der Waals surface area contributed by atoms with Crippen molar-refractivity contribution in [1.29, 1.82) is 0 Å². The number of aromatic amines is 1. The van der Waals surface area contributed by atoms with E-state index in [4.69, 9.17) is 4.74 Å². The van der Waals surface area contributed by atoms with Gasteiger partial charge in [-0.1, -0.05) is 17.7 Å². The van der Waals surface area contributed by atoms with Gasteiger partial charge in [0, 0.05) is 16.9 Å². The molecule has 0 aliphatic carbocycles. The van der Waals surface area contributed by atoms with Crippen molar-refractivity contribution in [1.82, 2.24) is 4.98 Å². The predicted molar refractivity (Wildman–Crippen MR) is 105 cm³/mol. The fourth-order valence-electron chi connectivity index (χ4n) is 3.47. The van der Waals surface area contributed by atoms with Gasteiger partial charge in [0.2, 0.25) is 0 Å². The lowest BCUT2D eigenvalue weighted by Crippen LogP contribution is -2.30. The molecule has 0 radical (unpaired) electrons. The fraction of sp³-hybridized carbons (Fsp3) is 0.429. The Morgan fingerprint density at radius 3 is 2.11 bits per heavy atom. The molecule has 0 aliphatic heterocycles. The molecule has 3 N–H and O–H groups in total. The second-order valence-corrected chi connectivity index (χ2v) is 7.15. The number of carbonyl (C=O) groups excluding carboxylic acids is 2. The van der Waals surface area contributed by atoms with Gasteiger partial charge in [-0.2, -0.15) is 0 Å². The molecule has 2 atom stereocenters. The van der Waals surface area contributed by atoms with Crippen LogP contribution in [0.3, 0.4) is 0 Å². The second-order valence-electron chi connectivity index (χ2n) is 7.15. The zero-order chi connectivity index (χ0) is 20.5. The summed E-state index contributed by atoms with van der Waals surface area (Å²) in [6.07, 6.45) is -1.66. The first-order chi connectivity index (χ1) is 12.5. The Morgan fingerprint density at radius 2 is 1.63 bits per heavy atom. The number of hydrogen-bond donors (Lipinski definition) is 3. The molecule has 27 heavy (non-hydrogen) atoms. The van der Waals surface area contributed by atoms with Gasteiger partial charge in [-0.3, -0.25) is 4.79 Å². The van der Waals surface area contributed by atoms with E-state index in [2.05, 4.69) is 10.3 Å². The van der Waals surface area contributed by atoms with Crippen molar-refractivity contribution in [3.8, 4) is 0 Å². The summed E-state index contributed by atoms with van der Waals surface area (Å²) in [6.45, 7) is 12.5. The van der Waals surface area contributed by atoms with Crippen molar-refractivity contribution >= 4 is 17.6 Å². The molecular weight excluding hydrogens is 344 g/mol. The van der Waals surface area contributed by atoms with Crippen molar-refractivity contribution in [3.05, 3.63) is 51.3 Å². The number of aromatic nitrogens is 1. The van der Waals surface area contributed by atoms with Crippen LogP contribution in [0.15, 0.2) is 12.1 Å². The molecule has 0 saturated heterocycles. The van der Waals surface area contributed by atoms with Gasteiger partial charge in [-0.25, -0.2) is 4.79 Å². The van der Waals surface area contributed by atoms with E-state index in [0.29, 0.717) is 16.8 Å². The van der Waals surface area contributed by atoms with E-state index in [1.807, 2.05) is 32.9 Å². The van der Waals surface area contributed by atoms with E-state index in [9.17, 15) is 14.7 Å². The van der Waals surface area contributed by atoms with Gasteiger partial charge in [0.05, 0.1) is 6.10 Å². The number of aryl methyl sites for hydroxylation is 4. The molecule has 1 aromatic heterocycles. The molecule has 2 aromatic rings. The third-order valence-corrected chi connectivity index (χ3v) is 4.70. The molecule has 2 rings (SSSR count). The zero-order valence-electron chi connectivity index (χ0n) is 17.0. The Hall–Kier alpha value is -2.60. The molecule has 0 saturated carbocycles. The standard InChI is InChI=1S/C21H28N2O4/c1-10-8-11(2)18(12(3)9-10)23-20(25)16(7)27-21(26)19-13(4)17(15(6)24)14(5)22-19/h8-9,15-16,22,24H,1-7H3,(H,23,25)/t15-,16+/m1/s1. The summed E-state index contributed by atoms with van der Waals surface area (Å²) in [6, 6.07) is 3.98. The fourth-order valence-corrected chi connectivity index (χ4v) is 3.47. The quantitative estimate of drug-likeness (QED) is 0.696. The van der Waals surface area contributed by atoms with E-state index < -0.39 is 24.1 Å². The monoisotopic (exact) mass is 372 g/mol. The SMILES string of the molecule is Cc1cc(C)c(NC(=O)[C@H](C)OC(=O)c2[nH]c(C)c([C@@H](C)O)c2C)c(C)c1. The van der Waals surface area contributed by atoms with Crippen LogP contribution in [0, 0.1) is 34.6 Å². The van der Waals surface area contributed by atoms with E-state index in [-0.39, 0.29) is 5.69 Å². The lowest BCUT2D eigenvalue weighted by Gasteiger charge is -2.17. The highest BCUT2D eigenvalue weighted by molar-refractivity contribution is 5.98. The maximum absolute atomic E-state index is 12.5. The van der Waals surface area contributed by atoms with Gasteiger partial charge in [-0.05, 0) is 65.2 Å². The van der Waals surface area contributed by atoms with Gasteiger partial charge in [0.25, 0.3) is 5.91 Å². The van der Waals surface area contributed by atoms with Gasteiger partial charge < -0.3 is 20.1 Å². The number of esters is 1. The Labute approximate surface area is 159 Å². The Bertz CT molecular complexity index is 858. The van der Waals surface area contributed by atoms with Crippen molar-refractivity contribution in [2.45, 2.75) is 60.7 Å². The average Bonchev–Trinajstić information content (AvgIpc) is 2.85. The summed E-state index contributed by atoms with van der Waals surface area (Å²) in [7, 11) is 0. The summed E-state index contributed by atoms with van der Waals surface area (Å²) in [5, 5.41) is 12.7. The number of aliphatic hydroxyl groups is 1.